The summed E-state index contributed by atoms with van der Waals surface area (Å²) in [6, 6.07) is 8.43. The first kappa shape index (κ1) is 16.3. The average Bonchev–Trinajstić information content (AvgIpc) is 2.97. The fourth-order valence-corrected chi connectivity index (χ4v) is 3.49. The molecule has 1 aliphatic carbocycles. The third-order valence-corrected chi connectivity index (χ3v) is 4.99. The normalized spacial score (nSPS) is 21.7. The molecule has 5 heteroatoms. The van der Waals surface area contributed by atoms with Crippen LogP contribution in [0.2, 0.25) is 0 Å². The van der Waals surface area contributed by atoms with Crippen LogP contribution in [0.4, 0.5) is 4.79 Å². The molecule has 2 amide bonds. The summed E-state index contributed by atoms with van der Waals surface area (Å²) in [6.07, 6.45) is 2.03. The highest BCUT2D eigenvalue weighted by Gasteiger charge is 2.29. The molecular weight excluding hydrogens is 290 g/mol. The molecule has 126 valence electrons. The van der Waals surface area contributed by atoms with E-state index in [4.69, 9.17) is 4.74 Å². The van der Waals surface area contributed by atoms with Crippen LogP contribution in [0.1, 0.15) is 37.4 Å². The van der Waals surface area contributed by atoms with Crippen LogP contribution >= 0.6 is 0 Å². The molecule has 1 aromatic carbocycles. The molecular formula is C18H27N3O2. The van der Waals surface area contributed by atoms with Gasteiger partial charge in [0, 0.05) is 25.2 Å². The zero-order chi connectivity index (χ0) is 16.3. The van der Waals surface area contributed by atoms with Crippen LogP contribution in [0.15, 0.2) is 24.3 Å². The second-order valence-corrected chi connectivity index (χ2v) is 7.03. The van der Waals surface area contributed by atoms with Crippen molar-refractivity contribution in [2.24, 2.45) is 0 Å². The maximum absolute atomic E-state index is 12.3. The van der Waals surface area contributed by atoms with Crippen molar-refractivity contribution < 1.29 is 9.53 Å². The number of rotatable bonds is 4. The molecule has 1 atom stereocenters. The first-order valence-electron chi connectivity index (χ1n) is 8.51. The fraction of sp³-hybridized carbons (Fsp3) is 0.611. The van der Waals surface area contributed by atoms with Gasteiger partial charge in [0.25, 0.3) is 0 Å². The third-order valence-electron chi connectivity index (χ3n) is 4.99. The number of carbonyl (C=O) groups excluding carboxylic acids is 1. The van der Waals surface area contributed by atoms with Gasteiger partial charge in [0.15, 0.2) is 0 Å². The highest BCUT2D eigenvalue weighted by atomic mass is 16.5. The van der Waals surface area contributed by atoms with E-state index in [9.17, 15) is 4.79 Å². The second-order valence-electron chi connectivity index (χ2n) is 7.03. The maximum Gasteiger partial charge on any atom is 0.315 e. The Labute approximate surface area is 138 Å². The minimum absolute atomic E-state index is 0.0608. The zero-order valence-corrected chi connectivity index (χ0v) is 14.1. The summed E-state index contributed by atoms with van der Waals surface area (Å²) in [5.74, 6) is 0. The summed E-state index contributed by atoms with van der Waals surface area (Å²) in [4.78, 5) is 14.6. The minimum atomic E-state index is -0.0759. The van der Waals surface area contributed by atoms with Gasteiger partial charge in [0.05, 0.1) is 19.3 Å². The monoisotopic (exact) mass is 317 g/mol. The summed E-state index contributed by atoms with van der Waals surface area (Å²) in [6.45, 7) is 8.36. The summed E-state index contributed by atoms with van der Waals surface area (Å²) >= 11 is 0. The second kappa shape index (κ2) is 6.89. The van der Waals surface area contributed by atoms with Crippen LogP contribution in [0.5, 0.6) is 0 Å². The van der Waals surface area contributed by atoms with Gasteiger partial charge in [-0.25, -0.2) is 4.79 Å². The minimum Gasteiger partial charge on any atom is -0.379 e. The Kier molecular flexibility index (Phi) is 4.87. The quantitative estimate of drug-likeness (QED) is 0.894. The molecule has 1 saturated heterocycles. The number of hydrogen-bond donors (Lipinski definition) is 2. The van der Waals surface area contributed by atoms with Crippen molar-refractivity contribution >= 4 is 6.03 Å². The molecule has 0 spiro atoms. The van der Waals surface area contributed by atoms with E-state index in [2.05, 4.69) is 47.6 Å². The molecule has 1 unspecified atom stereocenters. The Bertz CT molecular complexity index is 553. The molecule has 23 heavy (non-hydrogen) atoms. The number of carbonyl (C=O) groups is 1. The topological polar surface area (TPSA) is 53.6 Å². The number of ether oxygens (including phenoxy) is 1. The smallest absolute Gasteiger partial charge is 0.315 e. The van der Waals surface area contributed by atoms with Crippen LogP contribution < -0.4 is 10.6 Å². The predicted molar refractivity (Wildman–Crippen MR) is 90.5 cm³/mol. The lowest BCUT2D eigenvalue weighted by Gasteiger charge is -2.40. The van der Waals surface area contributed by atoms with Crippen molar-refractivity contribution in [3.63, 3.8) is 0 Å². The fourth-order valence-electron chi connectivity index (χ4n) is 3.49. The van der Waals surface area contributed by atoms with Crippen molar-refractivity contribution in [1.82, 2.24) is 15.5 Å². The summed E-state index contributed by atoms with van der Waals surface area (Å²) in [7, 11) is 0. The van der Waals surface area contributed by atoms with Crippen LogP contribution in [0.3, 0.4) is 0 Å². The van der Waals surface area contributed by atoms with Crippen LogP contribution in [-0.2, 0) is 11.2 Å². The summed E-state index contributed by atoms with van der Waals surface area (Å²) < 4.78 is 5.40. The lowest BCUT2D eigenvalue weighted by molar-refractivity contribution is -0.00876. The average molecular weight is 317 g/mol. The molecule has 0 radical (unpaired) electrons. The molecule has 2 aliphatic rings. The molecule has 5 nitrogen and oxygen atoms in total. The number of urea groups is 1. The van der Waals surface area contributed by atoms with Crippen molar-refractivity contribution in [2.75, 3.05) is 32.8 Å². The highest BCUT2D eigenvalue weighted by molar-refractivity contribution is 5.74. The largest absolute Gasteiger partial charge is 0.379 e. The van der Waals surface area contributed by atoms with Gasteiger partial charge in [-0.1, -0.05) is 24.3 Å². The van der Waals surface area contributed by atoms with E-state index in [1.807, 2.05) is 6.07 Å². The first-order valence-corrected chi connectivity index (χ1v) is 8.51. The van der Waals surface area contributed by atoms with E-state index in [0.717, 1.165) is 39.1 Å². The van der Waals surface area contributed by atoms with Crippen molar-refractivity contribution in [1.29, 1.82) is 0 Å². The Balaban J connectivity index is 1.50. The Morgan fingerprint density at radius 2 is 2.04 bits per heavy atom. The van der Waals surface area contributed by atoms with E-state index in [-0.39, 0.29) is 17.6 Å². The Hall–Kier alpha value is -1.59. The van der Waals surface area contributed by atoms with E-state index < -0.39 is 0 Å². The predicted octanol–water partition coefficient (Wildman–Crippen LogP) is 2.08. The molecule has 1 aliphatic heterocycles. The lowest BCUT2D eigenvalue weighted by atomic mass is 10.0. The third kappa shape index (κ3) is 3.85. The van der Waals surface area contributed by atoms with Gasteiger partial charge in [0.2, 0.25) is 0 Å². The van der Waals surface area contributed by atoms with E-state index in [1.54, 1.807) is 0 Å². The van der Waals surface area contributed by atoms with Crippen LogP contribution in [0, 0.1) is 0 Å². The first-order chi connectivity index (χ1) is 11.1. The van der Waals surface area contributed by atoms with Crippen molar-refractivity contribution in [2.45, 2.75) is 38.3 Å². The number of amides is 2. The number of benzene rings is 1. The summed E-state index contributed by atoms with van der Waals surface area (Å²) in [5.41, 5.74) is 2.55. The van der Waals surface area contributed by atoms with Gasteiger partial charge >= 0.3 is 6.03 Å². The number of aryl methyl sites for hydroxylation is 1. The molecule has 3 rings (SSSR count). The molecule has 1 heterocycles. The number of nitrogens with one attached hydrogen (secondary N) is 2. The van der Waals surface area contributed by atoms with Crippen molar-refractivity contribution in [3.05, 3.63) is 35.4 Å². The number of nitrogens with zero attached hydrogens (tertiary/aromatic N) is 1. The van der Waals surface area contributed by atoms with Crippen LogP contribution in [-0.4, -0.2) is 49.3 Å². The maximum atomic E-state index is 12.3. The van der Waals surface area contributed by atoms with E-state index in [1.165, 1.54) is 11.1 Å². The van der Waals surface area contributed by atoms with Gasteiger partial charge in [-0.3, -0.25) is 4.90 Å². The van der Waals surface area contributed by atoms with Crippen LogP contribution in [0.25, 0.3) is 0 Å². The molecule has 1 aromatic rings. The summed E-state index contributed by atoms with van der Waals surface area (Å²) in [5, 5.41) is 6.16. The molecule has 0 aromatic heterocycles. The highest BCUT2D eigenvalue weighted by Crippen LogP contribution is 2.30. The molecule has 1 fully saturated rings. The van der Waals surface area contributed by atoms with E-state index >= 15 is 0 Å². The van der Waals surface area contributed by atoms with Gasteiger partial charge in [-0.05, 0) is 37.8 Å². The molecule has 0 saturated carbocycles. The SMILES string of the molecule is CC(C)(CNC(=O)NC1CCc2ccccc21)N1CCOCC1. The van der Waals surface area contributed by atoms with Gasteiger partial charge < -0.3 is 15.4 Å². The Morgan fingerprint density at radius 1 is 1.30 bits per heavy atom. The van der Waals surface area contributed by atoms with Gasteiger partial charge in [-0.15, -0.1) is 0 Å². The number of hydrogen-bond acceptors (Lipinski definition) is 3. The Morgan fingerprint density at radius 3 is 2.83 bits per heavy atom. The van der Waals surface area contributed by atoms with Gasteiger partial charge in [-0.2, -0.15) is 0 Å². The molecule has 0 bridgehead atoms. The van der Waals surface area contributed by atoms with Gasteiger partial charge in [0.1, 0.15) is 0 Å². The zero-order valence-electron chi connectivity index (χ0n) is 14.1. The van der Waals surface area contributed by atoms with E-state index in [0.29, 0.717) is 6.54 Å². The number of fused-ring (bicyclic) bond motifs is 1. The lowest BCUT2D eigenvalue weighted by Crippen LogP contribution is -2.56. The number of morpholine rings is 1. The molecule has 2 N–H and O–H groups in total. The van der Waals surface area contributed by atoms with Crippen molar-refractivity contribution in [3.8, 4) is 0 Å². The standard InChI is InChI=1S/C18H27N3O2/c1-18(2,21-9-11-23-12-10-21)13-19-17(22)20-16-8-7-14-5-3-4-6-15(14)16/h3-6,16H,7-13H2,1-2H3,(H2,19,20,22).